The third kappa shape index (κ3) is 4.31. The number of nitrogens with zero attached hydrogens (tertiary/aromatic N) is 1. The van der Waals surface area contributed by atoms with Crippen LogP contribution in [0.25, 0.3) is 0 Å². The molecule has 1 atom stereocenters. The van der Waals surface area contributed by atoms with Gasteiger partial charge in [0.2, 0.25) is 10.0 Å². The molecule has 2 aromatic rings. The fraction of sp³-hybridized carbons (Fsp3) is 0.353. The maximum Gasteiger partial charge on any atom is 0.335 e. The summed E-state index contributed by atoms with van der Waals surface area (Å²) >= 11 is 0. The Morgan fingerprint density at radius 3 is 2.65 bits per heavy atom. The van der Waals surface area contributed by atoms with E-state index in [1.54, 1.807) is 18.4 Å². The topological polar surface area (TPSA) is 109 Å². The molecule has 1 saturated heterocycles. The van der Waals surface area contributed by atoms with Gasteiger partial charge in [-0.2, -0.15) is 0 Å². The van der Waals surface area contributed by atoms with Crippen molar-refractivity contribution < 1.29 is 27.5 Å². The molecule has 0 aliphatic carbocycles. The van der Waals surface area contributed by atoms with Gasteiger partial charge in [0, 0.05) is 19.6 Å². The van der Waals surface area contributed by atoms with Crippen molar-refractivity contribution in [2.24, 2.45) is 0 Å². The predicted octanol–water partition coefficient (Wildman–Crippen LogP) is 1.33. The van der Waals surface area contributed by atoms with Crippen LogP contribution in [-0.2, 0) is 14.8 Å². The van der Waals surface area contributed by atoms with Crippen LogP contribution in [0.1, 0.15) is 22.2 Å². The van der Waals surface area contributed by atoms with Gasteiger partial charge in [0.15, 0.2) is 0 Å². The van der Waals surface area contributed by atoms with Crippen LogP contribution < -0.4 is 4.72 Å². The SMILES string of the molecule is O=C(O)c1cccc(S(=O)(=O)NCC(c2ccco2)N2CCOCC2)c1. The minimum atomic E-state index is -3.85. The van der Waals surface area contributed by atoms with E-state index < -0.39 is 16.0 Å². The smallest absolute Gasteiger partial charge is 0.335 e. The van der Waals surface area contributed by atoms with Crippen LogP contribution in [-0.4, -0.2) is 57.2 Å². The number of carboxylic acids is 1. The minimum absolute atomic E-state index is 0.0800. The van der Waals surface area contributed by atoms with Gasteiger partial charge in [-0.3, -0.25) is 4.90 Å². The lowest BCUT2D eigenvalue weighted by Crippen LogP contribution is -2.43. The largest absolute Gasteiger partial charge is 0.478 e. The average Bonchev–Trinajstić information content (AvgIpc) is 3.17. The molecular weight excluding hydrogens is 360 g/mol. The van der Waals surface area contributed by atoms with E-state index in [2.05, 4.69) is 9.62 Å². The molecule has 0 saturated carbocycles. The van der Waals surface area contributed by atoms with Gasteiger partial charge in [0.05, 0.1) is 36.0 Å². The molecule has 1 aromatic heterocycles. The number of rotatable bonds is 7. The van der Waals surface area contributed by atoms with Crippen LogP contribution in [0.2, 0.25) is 0 Å². The summed E-state index contributed by atoms with van der Waals surface area (Å²) in [5, 5.41) is 9.04. The van der Waals surface area contributed by atoms with Gasteiger partial charge in [-0.05, 0) is 30.3 Å². The highest BCUT2D eigenvalue weighted by atomic mass is 32.2. The Bertz CT molecular complexity index is 844. The Morgan fingerprint density at radius 1 is 1.23 bits per heavy atom. The zero-order chi connectivity index (χ0) is 18.6. The molecular formula is C17H20N2O6S. The van der Waals surface area contributed by atoms with Crippen molar-refractivity contribution >= 4 is 16.0 Å². The van der Waals surface area contributed by atoms with Crippen molar-refractivity contribution in [3.05, 3.63) is 54.0 Å². The summed E-state index contributed by atoms with van der Waals surface area (Å²) in [7, 11) is -3.85. The number of benzene rings is 1. The van der Waals surface area contributed by atoms with Crippen LogP contribution in [0, 0.1) is 0 Å². The number of carbonyl (C=O) groups is 1. The van der Waals surface area contributed by atoms with E-state index >= 15 is 0 Å². The number of furan rings is 1. The maximum atomic E-state index is 12.6. The third-order valence-corrected chi connectivity index (χ3v) is 5.64. The summed E-state index contributed by atoms with van der Waals surface area (Å²) in [4.78, 5) is 13.1. The molecule has 9 heteroatoms. The number of hydrogen-bond acceptors (Lipinski definition) is 6. The van der Waals surface area contributed by atoms with E-state index in [-0.39, 0.29) is 23.0 Å². The maximum absolute atomic E-state index is 12.6. The summed E-state index contributed by atoms with van der Waals surface area (Å²) in [6, 6.07) is 8.55. The first kappa shape index (κ1) is 18.6. The number of ether oxygens (including phenoxy) is 1. The zero-order valence-corrected chi connectivity index (χ0v) is 14.8. The summed E-state index contributed by atoms with van der Waals surface area (Å²) in [6.07, 6.45) is 1.55. The van der Waals surface area contributed by atoms with Gasteiger partial charge in [-0.25, -0.2) is 17.9 Å². The van der Waals surface area contributed by atoms with Crippen molar-refractivity contribution in [2.75, 3.05) is 32.8 Å². The lowest BCUT2D eigenvalue weighted by molar-refractivity contribution is 0.0128. The Balaban J connectivity index is 1.77. The zero-order valence-electron chi connectivity index (χ0n) is 14.0. The van der Waals surface area contributed by atoms with Gasteiger partial charge >= 0.3 is 5.97 Å². The lowest BCUT2D eigenvalue weighted by Gasteiger charge is -2.33. The molecule has 1 fully saturated rings. The molecule has 0 bridgehead atoms. The fourth-order valence-corrected chi connectivity index (χ4v) is 3.93. The number of hydrogen-bond donors (Lipinski definition) is 2. The predicted molar refractivity (Wildman–Crippen MR) is 92.4 cm³/mol. The molecule has 1 aromatic carbocycles. The number of nitrogens with one attached hydrogen (secondary N) is 1. The molecule has 0 spiro atoms. The van der Waals surface area contributed by atoms with E-state index in [0.29, 0.717) is 32.1 Å². The molecule has 8 nitrogen and oxygen atoms in total. The van der Waals surface area contributed by atoms with E-state index in [0.717, 1.165) is 6.07 Å². The van der Waals surface area contributed by atoms with Crippen LogP contribution in [0.3, 0.4) is 0 Å². The number of morpholine rings is 1. The normalized spacial score (nSPS) is 17.1. The third-order valence-electron chi connectivity index (χ3n) is 4.22. The Hall–Kier alpha value is -2.20. The van der Waals surface area contributed by atoms with Crippen molar-refractivity contribution in [1.82, 2.24) is 9.62 Å². The quantitative estimate of drug-likeness (QED) is 0.746. The Kier molecular flexibility index (Phi) is 5.72. The van der Waals surface area contributed by atoms with Crippen molar-refractivity contribution in [3.63, 3.8) is 0 Å². The van der Waals surface area contributed by atoms with E-state index in [4.69, 9.17) is 14.3 Å². The molecule has 0 amide bonds. The highest BCUT2D eigenvalue weighted by Gasteiger charge is 2.27. The first-order valence-corrected chi connectivity index (χ1v) is 9.64. The van der Waals surface area contributed by atoms with E-state index in [1.165, 1.54) is 18.2 Å². The molecule has 1 aliphatic heterocycles. The van der Waals surface area contributed by atoms with Gasteiger partial charge in [-0.15, -0.1) is 0 Å². The second kappa shape index (κ2) is 8.00. The molecule has 2 N–H and O–H groups in total. The van der Waals surface area contributed by atoms with Crippen molar-refractivity contribution in [1.29, 1.82) is 0 Å². The Labute approximate surface area is 151 Å². The lowest BCUT2D eigenvalue weighted by atomic mass is 10.2. The fourth-order valence-electron chi connectivity index (χ4n) is 2.85. The average molecular weight is 380 g/mol. The van der Waals surface area contributed by atoms with Gasteiger partial charge in [-0.1, -0.05) is 6.07 Å². The molecule has 0 radical (unpaired) electrons. The standard InChI is InChI=1S/C17H20N2O6S/c20-17(21)13-3-1-4-14(11-13)26(22,23)18-12-15(16-5-2-8-25-16)19-6-9-24-10-7-19/h1-5,8,11,15,18H,6-7,9-10,12H2,(H,20,21). The number of aromatic carboxylic acids is 1. The molecule has 140 valence electrons. The second-order valence-corrected chi connectivity index (χ2v) is 7.63. The minimum Gasteiger partial charge on any atom is -0.478 e. The molecule has 3 rings (SSSR count). The van der Waals surface area contributed by atoms with Crippen LogP contribution in [0.15, 0.2) is 52.0 Å². The summed E-state index contributed by atoms with van der Waals surface area (Å²) in [5.74, 6) is -0.516. The second-order valence-electron chi connectivity index (χ2n) is 5.86. The summed E-state index contributed by atoms with van der Waals surface area (Å²) in [5.41, 5.74) is -0.0800. The van der Waals surface area contributed by atoms with E-state index in [9.17, 15) is 13.2 Å². The van der Waals surface area contributed by atoms with Gasteiger partial charge in [0.1, 0.15) is 5.76 Å². The van der Waals surface area contributed by atoms with Crippen LogP contribution >= 0.6 is 0 Å². The molecule has 2 heterocycles. The Morgan fingerprint density at radius 2 is 2.00 bits per heavy atom. The highest BCUT2D eigenvalue weighted by molar-refractivity contribution is 7.89. The number of carboxylic acid groups (broad SMARTS) is 1. The molecule has 26 heavy (non-hydrogen) atoms. The van der Waals surface area contributed by atoms with Crippen molar-refractivity contribution in [2.45, 2.75) is 10.9 Å². The number of sulfonamides is 1. The first-order chi connectivity index (χ1) is 12.5. The van der Waals surface area contributed by atoms with Gasteiger partial charge in [0.25, 0.3) is 0 Å². The summed E-state index contributed by atoms with van der Waals surface area (Å²) in [6.45, 7) is 2.59. The molecule has 1 aliphatic rings. The van der Waals surface area contributed by atoms with Crippen LogP contribution in [0.4, 0.5) is 0 Å². The van der Waals surface area contributed by atoms with Gasteiger partial charge < -0.3 is 14.3 Å². The first-order valence-electron chi connectivity index (χ1n) is 8.15. The monoisotopic (exact) mass is 380 g/mol. The summed E-state index contributed by atoms with van der Waals surface area (Å²) < 4.78 is 38.6. The highest BCUT2D eigenvalue weighted by Crippen LogP contribution is 2.22. The van der Waals surface area contributed by atoms with E-state index in [1.807, 2.05) is 0 Å². The van der Waals surface area contributed by atoms with Crippen molar-refractivity contribution in [3.8, 4) is 0 Å². The molecule has 1 unspecified atom stereocenters. The van der Waals surface area contributed by atoms with Crippen LogP contribution in [0.5, 0.6) is 0 Å².